The van der Waals surface area contributed by atoms with Crippen molar-refractivity contribution in [3.8, 4) is 28.8 Å². The number of allylic oxidation sites excluding steroid dienone is 1. The Labute approximate surface area is 245 Å². The molecule has 0 spiro atoms. The fraction of sp³-hybridized carbons (Fsp3) is 0.333. The number of piperidine rings is 1. The number of anilines is 1. The van der Waals surface area contributed by atoms with Gasteiger partial charge in [-0.05, 0) is 67.5 Å². The number of fused-ring (bicyclic) bond motifs is 1. The van der Waals surface area contributed by atoms with Crippen molar-refractivity contribution in [2.75, 3.05) is 32.0 Å². The molecule has 4 aromatic rings. The fourth-order valence-corrected chi connectivity index (χ4v) is 5.90. The molecule has 2 saturated heterocycles. The lowest BCUT2D eigenvalue weighted by Gasteiger charge is -2.34. The van der Waals surface area contributed by atoms with E-state index < -0.39 is 0 Å². The standard InChI is InChI=1S/C33H34N6O3/c1-33(13-18-41-19-14-33)20-25(21-34)32(40)38-16-5-6-24(22-38)31-37-28(29-30(35)36-15-17-39(29)31)23-9-11-27(12-10-23)42-26-7-3-2-4-8-26/h2-4,7-12,15,17,20,24H,5-6,13-14,16,18-19,22H2,1H3,(H2,35,36)/t24-/m1/s1. The SMILES string of the molecule is CC1(C=C(C#N)C(=O)N2CCC[C@@H](c3nc(-c4ccc(Oc5ccccc5)cc4)c4c(N)nccn34)C2)CCOCC1. The summed E-state index contributed by atoms with van der Waals surface area (Å²) in [6.45, 7) is 4.46. The van der Waals surface area contributed by atoms with Gasteiger partial charge in [0.05, 0.1) is 0 Å². The number of ether oxygens (including phenoxy) is 2. The van der Waals surface area contributed by atoms with Crippen molar-refractivity contribution in [1.29, 1.82) is 5.26 Å². The van der Waals surface area contributed by atoms with Gasteiger partial charge in [0, 0.05) is 50.2 Å². The average molecular weight is 563 g/mol. The van der Waals surface area contributed by atoms with Gasteiger partial charge in [-0.15, -0.1) is 0 Å². The Morgan fingerprint density at radius 1 is 1.14 bits per heavy atom. The van der Waals surface area contributed by atoms with Crippen LogP contribution >= 0.6 is 0 Å². The first-order chi connectivity index (χ1) is 20.4. The van der Waals surface area contributed by atoms with Crippen LogP contribution in [0.5, 0.6) is 11.5 Å². The summed E-state index contributed by atoms with van der Waals surface area (Å²) in [7, 11) is 0. The van der Waals surface area contributed by atoms with Gasteiger partial charge in [0.15, 0.2) is 0 Å². The quantitative estimate of drug-likeness (QED) is 0.235. The number of nitrogens with two attached hydrogens (primary N) is 1. The number of nitrogens with zero attached hydrogens (tertiary/aromatic N) is 5. The normalized spacial score (nSPS) is 18.9. The van der Waals surface area contributed by atoms with Crippen LogP contribution in [0.3, 0.4) is 0 Å². The van der Waals surface area contributed by atoms with Crippen molar-refractivity contribution in [2.45, 2.75) is 38.5 Å². The maximum atomic E-state index is 13.6. The molecule has 214 valence electrons. The highest BCUT2D eigenvalue weighted by molar-refractivity contribution is 5.97. The van der Waals surface area contributed by atoms with Crippen molar-refractivity contribution < 1.29 is 14.3 Å². The molecule has 2 aromatic carbocycles. The third kappa shape index (κ3) is 5.58. The van der Waals surface area contributed by atoms with E-state index in [2.05, 4.69) is 18.0 Å². The Hall–Kier alpha value is -4.68. The zero-order chi connectivity index (χ0) is 29.1. The van der Waals surface area contributed by atoms with E-state index in [1.54, 1.807) is 11.1 Å². The molecule has 0 unspecified atom stereocenters. The molecule has 6 rings (SSSR count). The Kier molecular flexibility index (Phi) is 7.64. The maximum Gasteiger partial charge on any atom is 0.264 e. The lowest BCUT2D eigenvalue weighted by molar-refractivity contribution is -0.128. The second-order valence-corrected chi connectivity index (χ2v) is 11.3. The van der Waals surface area contributed by atoms with E-state index in [4.69, 9.17) is 20.2 Å². The zero-order valence-corrected chi connectivity index (χ0v) is 23.7. The minimum atomic E-state index is -0.216. The Balaban J connectivity index is 1.27. The Morgan fingerprint density at radius 3 is 2.62 bits per heavy atom. The summed E-state index contributed by atoms with van der Waals surface area (Å²) in [5.74, 6) is 2.46. The van der Waals surface area contributed by atoms with Crippen molar-refractivity contribution in [2.24, 2.45) is 5.41 Å². The predicted molar refractivity (Wildman–Crippen MR) is 160 cm³/mol. The smallest absolute Gasteiger partial charge is 0.264 e. The molecule has 2 aliphatic heterocycles. The number of para-hydroxylation sites is 1. The number of carbonyl (C=O) groups is 1. The van der Waals surface area contributed by atoms with Gasteiger partial charge < -0.3 is 20.1 Å². The molecular weight excluding hydrogens is 528 g/mol. The molecule has 0 aliphatic carbocycles. The van der Waals surface area contributed by atoms with E-state index in [9.17, 15) is 10.1 Å². The van der Waals surface area contributed by atoms with Gasteiger partial charge in [-0.25, -0.2) is 9.97 Å². The molecule has 9 heteroatoms. The first kappa shape index (κ1) is 27.5. The maximum absolute atomic E-state index is 13.6. The molecule has 2 fully saturated rings. The van der Waals surface area contributed by atoms with Gasteiger partial charge in [0.1, 0.15) is 46.0 Å². The highest BCUT2D eigenvalue weighted by Crippen LogP contribution is 2.36. The summed E-state index contributed by atoms with van der Waals surface area (Å²) in [6.07, 6.45) is 8.69. The van der Waals surface area contributed by atoms with E-state index >= 15 is 0 Å². The van der Waals surface area contributed by atoms with Crippen LogP contribution < -0.4 is 10.5 Å². The molecule has 0 saturated carbocycles. The molecule has 9 nitrogen and oxygen atoms in total. The van der Waals surface area contributed by atoms with Gasteiger partial charge in [-0.1, -0.05) is 31.2 Å². The molecule has 42 heavy (non-hydrogen) atoms. The molecule has 1 atom stereocenters. The summed E-state index contributed by atoms with van der Waals surface area (Å²) in [6, 6.07) is 19.6. The van der Waals surface area contributed by atoms with E-state index in [1.807, 2.05) is 71.3 Å². The monoisotopic (exact) mass is 562 g/mol. The summed E-state index contributed by atoms with van der Waals surface area (Å²) in [4.78, 5) is 24.8. The van der Waals surface area contributed by atoms with Crippen molar-refractivity contribution in [3.63, 3.8) is 0 Å². The molecule has 1 amide bonds. The predicted octanol–water partition coefficient (Wildman–Crippen LogP) is 5.74. The highest BCUT2D eigenvalue weighted by Gasteiger charge is 2.33. The summed E-state index contributed by atoms with van der Waals surface area (Å²) >= 11 is 0. The lowest BCUT2D eigenvalue weighted by atomic mass is 9.80. The van der Waals surface area contributed by atoms with Crippen molar-refractivity contribution in [3.05, 3.63) is 84.5 Å². The van der Waals surface area contributed by atoms with E-state index in [-0.39, 0.29) is 22.8 Å². The molecule has 4 heterocycles. The van der Waals surface area contributed by atoms with Crippen LogP contribution in [0.4, 0.5) is 5.82 Å². The van der Waals surface area contributed by atoms with E-state index in [0.29, 0.717) is 32.1 Å². The molecular formula is C33H34N6O3. The number of imidazole rings is 1. The molecule has 2 N–H and O–H groups in total. The first-order valence-electron chi connectivity index (χ1n) is 14.4. The largest absolute Gasteiger partial charge is 0.457 e. The van der Waals surface area contributed by atoms with Crippen LogP contribution in [0.2, 0.25) is 0 Å². The van der Waals surface area contributed by atoms with Crippen LogP contribution in [-0.4, -0.2) is 51.5 Å². The number of amides is 1. The van der Waals surface area contributed by atoms with Gasteiger partial charge in [-0.2, -0.15) is 5.26 Å². The van der Waals surface area contributed by atoms with E-state index in [0.717, 1.165) is 59.8 Å². The van der Waals surface area contributed by atoms with Gasteiger partial charge in [0.25, 0.3) is 5.91 Å². The van der Waals surface area contributed by atoms with Crippen molar-refractivity contribution >= 4 is 17.2 Å². The number of aromatic nitrogens is 3. The number of likely N-dealkylation sites (tertiary alicyclic amines) is 1. The van der Waals surface area contributed by atoms with Crippen LogP contribution in [0.25, 0.3) is 16.8 Å². The number of benzene rings is 2. The van der Waals surface area contributed by atoms with Crippen LogP contribution in [0.1, 0.15) is 44.3 Å². The fourth-order valence-electron chi connectivity index (χ4n) is 5.90. The van der Waals surface area contributed by atoms with Crippen LogP contribution in [0, 0.1) is 16.7 Å². The topological polar surface area (TPSA) is 119 Å². The third-order valence-electron chi connectivity index (χ3n) is 8.27. The second-order valence-electron chi connectivity index (χ2n) is 11.3. The van der Waals surface area contributed by atoms with Gasteiger partial charge in [0.2, 0.25) is 0 Å². The minimum Gasteiger partial charge on any atom is -0.457 e. The molecule has 0 bridgehead atoms. The minimum absolute atomic E-state index is 0.0231. The van der Waals surface area contributed by atoms with Gasteiger partial charge in [-0.3, -0.25) is 9.20 Å². The Morgan fingerprint density at radius 2 is 1.88 bits per heavy atom. The third-order valence-corrected chi connectivity index (χ3v) is 8.27. The summed E-state index contributed by atoms with van der Waals surface area (Å²) in [5.41, 5.74) is 8.74. The lowest BCUT2D eigenvalue weighted by Crippen LogP contribution is -2.40. The summed E-state index contributed by atoms with van der Waals surface area (Å²) in [5, 5.41) is 9.92. The number of nitrogen functional groups attached to an aromatic ring is 1. The summed E-state index contributed by atoms with van der Waals surface area (Å²) < 4.78 is 13.4. The zero-order valence-electron chi connectivity index (χ0n) is 23.7. The number of nitriles is 1. The average Bonchev–Trinajstić information content (AvgIpc) is 3.42. The second kappa shape index (κ2) is 11.7. The number of rotatable bonds is 6. The molecule has 2 aromatic heterocycles. The van der Waals surface area contributed by atoms with Gasteiger partial charge >= 0.3 is 0 Å². The highest BCUT2D eigenvalue weighted by atomic mass is 16.5. The van der Waals surface area contributed by atoms with Crippen LogP contribution in [0.15, 0.2) is 78.6 Å². The van der Waals surface area contributed by atoms with Crippen molar-refractivity contribution in [1.82, 2.24) is 19.3 Å². The molecule has 2 aliphatic rings. The molecule has 0 radical (unpaired) electrons. The first-order valence-corrected chi connectivity index (χ1v) is 14.4. The van der Waals surface area contributed by atoms with E-state index in [1.165, 1.54) is 0 Å². The number of carbonyl (C=O) groups excluding carboxylic acids is 1. The van der Waals surface area contributed by atoms with Crippen LogP contribution in [-0.2, 0) is 9.53 Å². The number of hydrogen-bond acceptors (Lipinski definition) is 7. The number of hydrogen-bond donors (Lipinski definition) is 1. The Bertz CT molecular complexity index is 1650.